The molecule has 35 heavy (non-hydrogen) atoms. The summed E-state index contributed by atoms with van der Waals surface area (Å²) in [4.78, 5) is 49.8. The fourth-order valence-corrected chi connectivity index (χ4v) is 7.52. The molecule has 5 aliphatic rings. The van der Waals surface area contributed by atoms with Crippen molar-refractivity contribution in [3.8, 4) is 0 Å². The van der Waals surface area contributed by atoms with E-state index in [4.69, 9.17) is 0 Å². The first-order valence-corrected chi connectivity index (χ1v) is 12.8. The summed E-state index contributed by atoms with van der Waals surface area (Å²) in [5, 5.41) is 16.1. The minimum atomic E-state index is -0.739. The molecule has 0 aromatic rings. The van der Waals surface area contributed by atoms with Crippen molar-refractivity contribution in [1.29, 1.82) is 0 Å². The Morgan fingerprint density at radius 3 is 2.51 bits per heavy atom. The number of aliphatic hydroxyl groups excluding tert-OH is 1. The monoisotopic (exact) mass is 478 g/mol. The van der Waals surface area contributed by atoms with E-state index < -0.39 is 17.7 Å². The Morgan fingerprint density at radius 2 is 1.74 bits per heavy atom. The van der Waals surface area contributed by atoms with Crippen LogP contribution >= 0.6 is 0 Å². The lowest BCUT2D eigenvalue weighted by atomic mass is 9.70. The number of carbonyl (C=O) groups is 4. The van der Waals surface area contributed by atoms with Gasteiger partial charge in [-0.05, 0) is 73.7 Å². The van der Waals surface area contributed by atoms with Crippen LogP contribution in [0, 0.1) is 47.3 Å². The van der Waals surface area contributed by atoms with Gasteiger partial charge in [-0.3, -0.25) is 19.2 Å². The van der Waals surface area contributed by atoms with Crippen molar-refractivity contribution in [3.05, 3.63) is 47.8 Å². The molecule has 2 saturated carbocycles. The quantitative estimate of drug-likeness (QED) is 0.396. The van der Waals surface area contributed by atoms with Crippen LogP contribution in [-0.4, -0.2) is 41.1 Å². The summed E-state index contributed by atoms with van der Waals surface area (Å²) < 4.78 is 0. The molecule has 0 aromatic heterocycles. The van der Waals surface area contributed by atoms with E-state index >= 15 is 0 Å². The first-order chi connectivity index (χ1) is 16.8. The SMILES string of the molecule is CC(=O)[C@H]1[C@H]2C=C[C@H]3[C@@H]4/C=C\CC(=O)NCC[C@@H]5NC(=O)C(=C(O)/C=C/[C@H]4C[C@H]3[C@H]2C[C@H]1C)C5=O. The topological polar surface area (TPSA) is 113 Å². The maximum Gasteiger partial charge on any atom is 0.259 e. The molecule has 2 heterocycles. The van der Waals surface area contributed by atoms with Crippen LogP contribution < -0.4 is 10.6 Å². The van der Waals surface area contributed by atoms with Crippen molar-refractivity contribution in [1.82, 2.24) is 10.6 Å². The second kappa shape index (κ2) is 9.25. The van der Waals surface area contributed by atoms with Crippen molar-refractivity contribution < 1.29 is 24.3 Å². The molecule has 0 spiro atoms. The van der Waals surface area contributed by atoms with Crippen LogP contribution in [0.2, 0.25) is 0 Å². The van der Waals surface area contributed by atoms with Crippen molar-refractivity contribution in [3.63, 3.8) is 0 Å². The Kier molecular flexibility index (Phi) is 6.28. The zero-order chi connectivity index (χ0) is 24.9. The summed E-state index contributed by atoms with van der Waals surface area (Å²) in [6.45, 7) is 4.16. The lowest BCUT2D eigenvalue weighted by Gasteiger charge is -2.34. The average molecular weight is 479 g/mol. The number of Topliss-reactive ketones (excluding diaryl/α,β-unsaturated/α-hetero) is 2. The van der Waals surface area contributed by atoms with E-state index in [1.165, 1.54) is 6.08 Å². The minimum Gasteiger partial charge on any atom is -0.507 e. The number of hydrogen-bond donors (Lipinski definition) is 3. The summed E-state index contributed by atoms with van der Waals surface area (Å²) in [5.41, 5.74) is -0.205. The van der Waals surface area contributed by atoms with Gasteiger partial charge in [0.15, 0.2) is 5.78 Å². The molecule has 2 amide bonds. The maximum atomic E-state index is 12.7. The molecule has 3 aliphatic carbocycles. The van der Waals surface area contributed by atoms with E-state index in [9.17, 15) is 24.3 Å². The first kappa shape index (κ1) is 23.8. The number of nitrogens with one attached hydrogen (secondary N) is 2. The van der Waals surface area contributed by atoms with Gasteiger partial charge in [-0.2, -0.15) is 0 Å². The highest BCUT2D eigenvalue weighted by Gasteiger charge is 2.53. The number of allylic oxidation sites excluding steroid dienone is 5. The predicted octanol–water partition coefficient (Wildman–Crippen LogP) is 2.80. The number of aliphatic hydroxyl groups is 1. The highest BCUT2D eigenvalue weighted by molar-refractivity contribution is 6.27. The molecular weight excluding hydrogens is 444 g/mol. The molecule has 2 aliphatic heterocycles. The largest absolute Gasteiger partial charge is 0.507 e. The van der Waals surface area contributed by atoms with Gasteiger partial charge in [0.1, 0.15) is 17.1 Å². The summed E-state index contributed by atoms with van der Waals surface area (Å²) in [6, 6.07) is -0.739. The zero-order valence-corrected chi connectivity index (χ0v) is 20.3. The highest BCUT2D eigenvalue weighted by Crippen LogP contribution is 2.58. The van der Waals surface area contributed by atoms with E-state index in [1.54, 1.807) is 6.92 Å². The van der Waals surface area contributed by atoms with Gasteiger partial charge in [0.2, 0.25) is 5.91 Å². The molecular formula is C28H34N2O5. The Hall–Kier alpha value is -2.96. The summed E-state index contributed by atoms with van der Waals surface area (Å²) >= 11 is 0. The fourth-order valence-electron chi connectivity index (χ4n) is 7.52. The van der Waals surface area contributed by atoms with Crippen LogP contribution in [0.25, 0.3) is 0 Å². The maximum absolute atomic E-state index is 12.7. The second-order valence-electron chi connectivity index (χ2n) is 11.0. The van der Waals surface area contributed by atoms with Crippen LogP contribution in [0.4, 0.5) is 0 Å². The van der Waals surface area contributed by atoms with Gasteiger partial charge in [0, 0.05) is 18.9 Å². The highest BCUT2D eigenvalue weighted by atomic mass is 16.3. The van der Waals surface area contributed by atoms with E-state index in [1.807, 2.05) is 12.2 Å². The first-order valence-electron chi connectivity index (χ1n) is 12.8. The summed E-state index contributed by atoms with van der Waals surface area (Å²) in [7, 11) is 0. The van der Waals surface area contributed by atoms with E-state index in [2.05, 4.69) is 35.8 Å². The van der Waals surface area contributed by atoms with Gasteiger partial charge >= 0.3 is 0 Å². The standard InChI is InChI=1S/C28H34N2O5/c1-14-12-20-19(25(14)15(2)31)8-7-18-17-4-3-5-24(33)29-11-10-22-27(34)26(28(35)30-22)23(32)9-6-16(17)13-21(18)20/h3-4,6-9,14,16-22,25,32H,5,10-13H2,1-2H3,(H,29,33)(H,30,35)/b4-3-,9-6+,26-23?/t14-,16+,17-,18+,19+,20+,21-,22+,25+/m1/s1. The molecule has 3 N–H and O–H groups in total. The zero-order valence-electron chi connectivity index (χ0n) is 20.3. The Labute approximate surface area is 205 Å². The predicted molar refractivity (Wildman–Crippen MR) is 130 cm³/mol. The molecule has 0 unspecified atom stereocenters. The number of ketones is 2. The van der Waals surface area contributed by atoms with Crippen molar-refractivity contribution in [2.24, 2.45) is 47.3 Å². The Balaban J connectivity index is 1.48. The van der Waals surface area contributed by atoms with Crippen LogP contribution in [0.5, 0.6) is 0 Å². The number of carbonyl (C=O) groups excluding carboxylic acids is 4. The number of hydrogen-bond acceptors (Lipinski definition) is 5. The lowest BCUT2D eigenvalue weighted by Crippen LogP contribution is -2.34. The van der Waals surface area contributed by atoms with Crippen LogP contribution in [0.1, 0.15) is 39.5 Å². The molecule has 5 rings (SSSR count). The van der Waals surface area contributed by atoms with Gasteiger partial charge in [0.25, 0.3) is 5.91 Å². The molecule has 7 heteroatoms. The van der Waals surface area contributed by atoms with Crippen LogP contribution in [-0.2, 0) is 19.2 Å². The molecule has 0 aromatic carbocycles. The van der Waals surface area contributed by atoms with Gasteiger partial charge < -0.3 is 15.7 Å². The third kappa shape index (κ3) is 4.19. The molecule has 9 atom stereocenters. The number of rotatable bonds is 1. The van der Waals surface area contributed by atoms with Crippen molar-refractivity contribution in [2.75, 3.05) is 6.54 Å². The van der Waals surface area contributed by atoms with Gasteiger partial charge in [-0.15, -0.1) is 0 Å². The molecule has 7 nitrogen and oxygen atoms in total. The molecule has 1 saturated heterocycles. The summed E-state index contributed by atoms with van der Waals surface area (Å²) in [6.07, 6.45) is 14.5. The smallest absolute Gasteiger partial charge is 0.259 e. The van der Waals surface area contributed by atoms with Gasteiger partial charge in [-0.1, -0.05) is 37.3 Å². The van der Waals surface area contributed by atoms with E-state index in [0.717, 1.165) is 12.8 Å². The molecule has 186 valence electrons. The fraction of sp³-hybridized carbons (Fsp3) is 0.571. The van der Waals surface area contributed by atoms with Crippen LogP contribution in [0.3, 0.4) is 0 Å². The third-order valence-corrected chi connectivity index (χ3v) is 8.99. The van der Waals surface area contributed by atoms with Crippen molar-refractivity contribution >= 4 is 23.4 Å². The minimum absolute atomic E-state index is 0.0728. The van der Waals surface area contributed by atoms with Crippen molar-refractivity contribution in [2.45, 2.75) is 45.6 Å². The molecule has 0 radical (unpaired) electrons. The second-order valence-corrected chi connectivity index (χ2v) is 11.0. The number of amides is 2. The Morgan fingerprint density at radius 1 is 1.00 bits per heavy atom. The van der Waals surface area contributed by atoms with Gasteiger partial charge in [0.05, 0.1) is 6.04 Å². The van der Waals surface area contributed by atoms with E-state index in [-0.39, 0.29) is 72.0 Å². The normalized spacial score (nSPS) is 42.8. The lowest BCUT2D eigenvalue weighted by molar-refractivity contribution is -0.123. The third-order valence-electron chi connectivity index (χ3n) is 8.99. The average Bonchev–Trinajstić information content (AvgIpc) is 3.42. The van der Waals surface area contributed by atoms with Gasteiger partial charge in [-0.25, -0.2) is 0 Å². The summed E-state index contributed by atoms with van der Waals surface area (Å²) in [5.74, 6) is 0.890. The number of fused-ring (bicyclic) bond motifs is 7. The Bertz CT molecular complexity index is 1070. The van der Waals surface area contributed by atoms with Crippen LogP contribution in [0.15, 0.2) is 47.8 Å². The molecule has 2 bridgehead atoms. The van der Waals surface area contributed by atoms with E-state index in [0.29, 0.717) is 17.8 Å². The molecule has 3 fully saturated rings.